The molecule has 0 fully saturated rings. The Morgan fingerprint density at radius 2 is 2.17 bits per heavy atom. The molecule has 0 atom stereocenters. The third-order valence-corrected chi connectivity index (χ3v) is 2.13. The summed E-state index contributed by atoms with van der Waals surface area (Å²) in [6.07, 6.45) is 3.55. The largest absolute Gasteiger partial charge is 0.480 e. The molecule has 18 heavy (non-hydrogen) atoms. The molecule has 0 rings (SSSR count). The van der Waals surface area contributed by atoms with E-state index in [1.807, 2.05) is 0 Å². The lowest BCUT2D eigenvalue weighted by Crippen LogP contribution is -2.43. The minimum atomic E-state index is -1.05. The summed E-state index contributed by atoms with van der Waals surface area (Å²) >= 11 is 0. The van der Waals surface area contributed by atoms with Crippen LogP contribution < -0.4 is 5.32 Å². The van der Waals surface area contributed by atoms with Crippen LogP contribution in [0.15, 0.2) is 12.7 Å². The highest BCUT2D eigenvalue weighted by molar-refractivity contribution is 5.80. The van der Waals surface area contributed by atoms with Crippen molar-refractivity contribution in [1.29, 1.82) is 0 Å². The van der Waals surface area contributed by atoms with E-state index in [-0.39, 0.29) is 13.1 Å². The Hall–Kier alpha value is -1.56. The van der Waals surface area contributed by atoms with Gasteiger partial charge in [0.2, 0.25) is 0 Å². The van der Waals surface area contributed by atoms with Crippen molar-refractivity contribution in [1.82, 2.24) is 10.2 Å². The summed E-state index contributed by atoms with van der Waals surface area (Å²) in [7, 11) is 0. The van der Waals surface area contributed by atoms with Gasteiger partial charge in [0, 0.05) is 19.7 Å². The molecule has 0 saturated carbocycles. The molecule has 2 amide bonds. The maximum absolute atomic E-state index is 11.6. The molecular formula is C12H22N2O4. The SMILES string of the molecule is C=CCN(CC(=O)O)C(=O)NCCOCCCC. The van der Waals surface area contributed by atoms with Crippen molar-refractivity contribution in [2.45, 2.75) is 19.8 Å². The van der Waals surface area contributed by atoms with Crippen molar-refractivity contribution in [3.8, 4) is 0 Å². The van der Waals surface area contributed by atoms with Crippen LogP contribution in [-0.4, -0.2) is 54.9 Å². The summed E-state index contributed by atoms with van der Waals surface area (Å²) in [6.45, 7) is 6.90. The highest BCUT2D eigenvalue weighted by Crippen LogP contribution is 1.91. The van der Waals surface area contributed by atoms with E-state index in [9.17, 15) is 9.59 Å². The second-order valence-corrected chi connectivity index (χ2v) is 3.76. The molecule has 0 aliphatic carbocycles. The number of urea groups is 1. The molecule has 0 unspecified atom stereocenters. The van der Waals surface area contributed by atoms with Gasteiger partial charge >= 0.3 is 12.0 Å². The van der Waals surface area contributed by atoms with Crippen molar-refractivity contribution in [3.63, 3.8) is 0 Å². The van der Waals surface area contributed by atoms with Crippen LogP contribution >= 0.6 is 0 Å². The van der Waals surface area contributed by atoms with E-state index in [2.05, 4.69) is 18.8 Å². The van der Waals surface area contributed by atoms with Crippen LogP contribution in [0.25, 0.3) is 0 Å². The first-order valence-corrected chi connectivity index (χ1v) is 6.05. The Balaban J connectivity index is 3.81. The normalized spacial score (nSPS) is 9.83. The number of unbranched alkanes of at least 4 members (excludes halogenated alkanes) is 1. The fourth-order valence-electron chi connectivity index (χ4n) is 1.23. The quantitative estimate of drug-likeness (QED) is 0.454. The molecule has 0 bridgehead atoms. The lowest BCUT2D eigenvalue weighted by atomic mass is 10.4. The highest BCUT2D eigenvalue weighted by Gasteiger charge is 2.14. The van der Waals surface area contributed by atoms with Gasteiger partial charge in [0.25, 0.3) is 0 Å². The van der Waals surface area contributed by atoms with Crippen LogP contribution in [0.4, 0.5) is 4.79 Å². The molecule has 0 aromatic heterocycles. The van der Waals surface area contributed by atoms with Gasteiger partial charge in [-0.2, -0.15) is 0 Å². The monoisotopic (exact) mass is 258 g/mol. The van der Waals surface area contributed by atoms with Gasteiger partial charge < -0.3 is 20.1 Å². The van der Waals surface area contributed by atoms with E-state index in [0.717, 1.165) is 12.8 Å². The molecule has 0 aromatic carbocycles. The number of aliphatic carboxylic acids is 1. The third-order valence-electron chi connectivity index (χ3n) is 2.13. The number of nitrogens with zero attached hydrogens (tertiary/aromatic N) is 1. The zero-order valence-electron chi connectivity index (χ0n) is 10.9. The number of carboxylic acids is 1. The van der Waals surface area contributed by atoms with E-state index in [1.54, 1.807) is 0 Å². The molecule has 0 saturated heterocycles. The van der Waals surface area contributed by atoms with Gasteiger partial charge in [-0.1, -0.05) is 19.4 Å². The lowest BCUT2D eigenvalue weighted by molar-refractivity contribution is -0.137. The minimum Gasteiger partial charge on any atom is -0.480 e. The number of amides is 2. The first-order valence-electron chi connectivity index (χ1n) is 6.05. The van der Waals surface area contributed by atoms with E-state index >= 15 is 0 Å². The smallest absolute Gasteiger partial charge is 0.323 e. The number of hydrogen-bond acceptors (Lipinski definition) is 3. The van der Waals surface area contributed by atoms with Crippen LogP contribution in [-0.2, 0) is 9.53 Å². The van der Waals surface area contributed by atoms with E-state index < -0.39 is 12.0 Å². The van der Waals surface area contributed by atoms with Gasteiger partial charge in [-0.3, -0.25) is 4.79 Å². The van der Waals surface area contributed by atoms with Crippen LogP contribution in [0, 0.1) is 0 Å². The average Bonchev–Trinajstić information content (AvgIpc) is 2.32. The number of carbonyl (C=O) groups excluding carboxylic acids is 1. The molecule has 104 valence electrons. The molecule has 0 spiro atoms. The Morgan fingerprint density at radius 3 is 2.72 bits per heavy atom. The van der Waals surface area contributed by atoms with E-state index in [4.69, 9.17) is 9.84 Å². The Labute approximate surface area is 108 Å². The predicted molar refractivity (Wildman–Crippen MR) is 68.5 cm³/mol. The molecule has 6 nitrogen and oxygen atoms in total. The molecule has 0 aliphatic rings. The van der Waals surface area contributed by atoms with Gasteiger partial charge in [0.1, 0.15) is 6.54 Å². The van der Waals surface area contributed by atoms with E-state index in [0.29, 0.717) is 19.8 Å². The summed E-state index contributed by atoms with van der Waals surface area (Å²) in [5.74, 6) is -1.05. The minimum absolute atomic E-state index is 0.203. The molecule has 2 N–H and O–H groups in total. The summed E-state index contributed by atoms with van der Waals surface area (Å²) in [4.78, 5) is 23.3. The van der Waals surface area contributed by atoms with Gasteiger partial charge in [0.15, 0.2) is 0 Å². The molecule has 0 radical (unpaired) electrons. The van der Waals surface area contributed by atoms with Crippen molar-refractivity contribution < 1.29 is 19.4 Å². The molecular weight excluding hydrogens is 236 g/mol. The number of carboxylic acid groups (broad SMARTS) is 1. The second-order valence-electron chi connectivity index (χ2n) is 3.76. The summed E-state index contributed by atoms with van der Waals surface area (Å²) < 4.78 is 5.28. The second kappa shape index (κ2) is 10.6. The number of rotatable bonds is 10. The Morgan fingerprint density at radius 1 is 1.44 bits per heavy atom. The van der Waals surface area contributed by atoms with Gasteiger partial charge in [0.05, 0.1) is 6.61 Å². The number of carbonyl (C=O) groups is 2. The van der Waals surface area contributed by atoms with Gasteiger partial charge in [-0.25, -0.2) is 4.79 Å². The number of ether oxygens (including phenoxy) is 1. The van der Waals surface area contributed by atoms with Crippen molar-refractivity contribution in [2.75, 3.05) is 32.8 Å². The summed E-state index contributed by atoms with van der Waals surface area (Å²) in [5.41, 5.74) is 0. The van der Waals surface area contributed by atoms with Crippen LogP contribution in [0.2, 0.25) is 0 Å². The molecule has 0 aliphatic heterocycles. The number of hydrogen-bond donors (Lipinski definition) is 2. The Kier molecular flexibility index (Phi) is 9.67. The summed E-state index contributed by atoms with van der Waals surface area (Å²) in [5, 5.41) is 11.2. The van der Waals surface area contributed by atoms with Crippen molar-refractivity contribution in [3.05, 3.63) is 12.7 Å². The van der Waals surface area contributed by atoms with Crippen LogP contribution in [0.3, 0.4) is 0 Å². The molecule has 0 aromatic rings. The number of nitrogens with one attached hydrogen (secondary N) is 1. The third kappa shape index (κ3) is 8.58. The summed E-state index contributed by atoms with van der Waals surface area (Å²) in [6, 6.07) is -0.420. The topological polar surface area (TPSA) is 78.9 Å². The predicted octanol–water partition coefficient (Wildman–Crippen LogP) is 1.09. The van der Waals surface area contributed by atoms with Crippen molar-refractivity contribution >= 4 is 12.0 Å². The highest BCUT2D eigenvalue weighted by atomic mass is 16.5. The van der Waals surface area contributed by atoms with Gasteiger partial charge in [-0.15, -0.1) is 6.58 Å². The fraction of sp³-hybridized carbons (Fsp3) is 0.667. The fourth-order valence-corrected chi connectivity index (χ4v) is 1.23. The zero-order valence-corrected chi connectivity index (χ0v) is 10.9. The van der Waals surface area contributed by atoms with Crippen LogP contribution in [0.1, 0.15) is 19.8 Å². The average molecular weight is 258 g/mol. The first kappa shape index (κ1) is 16.4. The zero-order chi connectivity index (χ0) is 13.8. The molecule has 0 heterocycles. The maximum Gasteiger partial charge on any atom is 0.323 e. The first-order chi connectivity index (χ1) is 8.61. The van der Waals surface area contributed by atoms with E-state index in [1.165, 1.54) is 11.0 Å². The molecule has 6 heteroatoms. The lowest BCUT2D eigenvalue weighted by Gasteiger charge is -2.19. The van der Waals surface area contributed by atoms with Crippen molar-refractivity contribution in [2.24, 2.45) is 0 Å². The van der Waals surface area contributed by atoms with Gasteiger partial charge in [-0.05, 0) is 6.42 Å². The van der Waals surface area contributed by atoms with Crippen LogP contribution in [0.5, 0.6) is 0 Å². The Bertz CT molecular complexity index is 269. The standard InChI is InChI=1S/C12H22N2O4/c1-3-5-8-18-9-6-13-12(17)14(7-4-2)10-11(15)16/h4H,2-3,5-10H2,1H3,(H,13,17)(H,15,16). The maximum atomic E-state index is 11.6.